The predicted octanol–water partition coefficient (Wildman–Crippen LogP) is 4.03. The Morgan fingerprint density at radius 2 is 1.29 bits per heavy atom. The third-order valence-corrected chi connectivity index (χ3v) is 7.86. The summed E-state index contributed by atoms with van der Waals surface area (Å²) in [6.45, 7) is 3.02. The van der Waals surface area contributed by atoms with E-state index in [1.807, 2.05) is 0 Å². The van der Waals surface area contributed by atoms with Gasteiger partial charge in [0.1, 0.15) is 29.9 Å². The highest BCUT2D eigenvalue weighted by Gasteiger charge is 2.43. The van der Waals surface area contributed by atoms with Gasteiger partial charge in [-0.3, -0.25) is 0 Å². The van der Waals surface area contributed by atoms with Crippen molar-refractivity contribution in [2.45, 2.75) is 133 Å². The normalized spacial score (nSPS) is 26.1. The van der Waals surface area contributed by atoms with Crippen LogP contribution in [0.3, 0.4) is 0 Å². The van der Waals surface area contributed by atoms with Crippen molar-refractivity contribution in [3.8, 4) is 0 Å². The summed E-state index contributed by atoms with van der Waals surface area (Å²) in [6.07, 6.45) is 13.7. The van der Waals surface area contributed by atoms with E-state index in [4.69, 9.17) is 14.2 Å². The van der Waals surface area contributed by atoms with E-state index >= 15 is 0 Å². The molecule has 0 unspecified atom stereocenters. The van der Waals surface area contributed by atoms with Crippen LogP contribution in [0.2, 0.25) is 0 Å². The molecule has 1 heterocycles. The molecule has 0 aromatic rings. The topological polar surface area (TPSA) is 109 Å². The summed E-state index contributed by atoms with van der Waals surface area (Å²) < 4.78 is 16.7. The van der Waals surface area contributed by atoms with E-state index in [1.165, 1.54) is 95.2 Å². The Hall–Kier alpha value is 0.0700. The molecule has 204 valence electrons. The number of thioether (sulfide) groups is 1. The molecule has 1 rings (SSSR count). The highest BCUT2D eigenvalue weighted by Crippen LogP contribution is 2.29. The van der Waals surface area contributed by atoms with Crippen LogP contribution in [0.5, 0.6) is 0 Å². The number of hydrogen-bond acceptors (Lipinski definition) is 8. The molecule has 8 heteroatoms. The number of ether oxygens (including phenoxy) is 3. The molecule has 0 aromatic carbocycles. The van der Waals surface area contributed by atoms with Crippen LogP contribution in [0.1, 0.15) is 96.8 Å². The fourth-order valence-corrected chi connectivity index (χ4v) is 5.42. The molecule has 0 amide bonds. The molecule has 0 aliphatic carbocycles. The summed E-state index contributed by atoms with van der Waals surface area (Å²) in [4.78, 5) is 0. The van der Waals surface area contributed by atoms with Crippen LogP contribution in [0.4, 0.5) is 0 Å². The lowest BCUT2D eigenvalue weighted by atomic mass is 10.0. The molecule has 1 aliphatic heterocycles. The van der Waals surface area contributed by atoms with Crippen LogP contribution in [0.25, 0.3) is 0 Å². The van der Waals surface area contributed by atoms with Gasteiger partial charge in [-0.1, -0.05) is 90.4 Å². The minimum Gasteiger partial charge on any atom is -0.394 e. The highest BCUT2D eigenvalue weighted by atomic mass is 32.2. The quantitative estimate of drug-likeness (QED) is 0.162. The molecule has 34 heavy (non-hydrogen) atoms. The zero-order valence-electron chi connectivity index (χ0n) is 21.6. The average Bonchev–Trinajstić information content (AvgIpc) is 2.85. The first-order chi connectivity index (χ1) is 16.5. The lowest BCUT2D eigenvalue weighted by Crippen LogP contribution is -2.57. The minimum absolute atomic E-state index is 0.163. The molecule has 6 atom stereocenters. The Bertz CT molecular complexity index is 455. The highest BCUT2D eigenvalue weighted by molar-refractivity contribution is 7.99. The number of aliphatic hydroxyl groups excluding tert-OH is 4. The second kappa shape index (κ2) is 21.2. The van der Waals surface area contributed by atoms with E-state index in [0.717, 1.165) is 6.42 Å². The molecule has 0 spiro atoms. The molecule has 0 aromatic heterocycles. The van der Waals surface area contributed by atoms with Crippen molar-refractivity contribution < 1.29 is 34.6 Å². The zero-order chi connectivity index (χ0) is 25.0. The van der Waals surface area contributed by atoms with Crippen molar-refractivity contribution in [3.63, 3.8) is 0 Å². The maximum atomic E-state index is 10.1. The van der Waals surface area contributed by atoms with Crippen LogP contribution in [-0.2, 0) is 14.2 Å². The van der Waals surface area contributed by atoms with Crippen LogP contribution in [-0.4, -0.2) is 89.1 Å². The van der Waals surface area contributed by atoms with E-state index < -0.39 is 36.5 Å². The standard InChI is InChI=1S/C26H52O7S/c1-3-4-5-6-7-8-9-10-11-12-13-14-15-16-17-32-19-21(31-2)20-34-26-25(30)24(29)23(28)22(18-27)33-26/h21-30H,3-20H2,1-2H3/t21-,22+,23+,24-,25+,26+/m0/s1. The summed E-state index contributed by atoms with van der Waals surface area (Å²) >= 11 is 1.29. The van der Waals surface area contributed by atoms with Gasteiger partial charge >= 0.3 is 0 Å². The molecule has 1 aliphatic rings. The van der Waals surface area contributed by atoms with E-state index in [2.05, 4.69) is 6.92 Å². The first-order valence-electron chi connectivity index (χ1n) is 13.6. The van der Waals surface area contributed by atoms with Crippen LogP contribution >= 0.6 is 11.8 Å². The van der Waals surface area contributed by atoms with Gasteiger partial charge in [0.2, 0.25) is 0 Å². The Kier molecular flexibility index (Phi) is 20.0. The minimum atomic E-state index is -1.35. The third-order valence-electron chi connectivity index (χ3n) is 6.57. The van der Waals surface area contributed by atoms with E-state index in [-0.39, 0.29) is 6.10 Å². The molecule has 4 N–H and O–H groups in total. The molecule has 1 fully saturated rings. The van der Waals surface area contributed by atoms with Crippen molar-refractivity contribution in [3.05, 3.63) is 0 Å². The Labute approximate surface area is 211 Å². The zero-order valence-corrected chi connectivity index (χ0v) is 22.4. The summed E-state index contributed by atoms with van der Waals surface area (Å²) in [7, 11) is 1.62. The largest absolute Gasteiger partial charge is 0.394 e. The number of unbranched alkanes of at least 4 members (excludes halogenated alkanes) is 13. The molecule has 0 bridgehead atoms. The second-order valence-corrected chi connectivity index (χ2v) is 10.7. The molecular formula is C26H52O7S. The fraction of sp³-hybridized carbons (Fsp3) is 1.00. The Morgan fingerprint density at radius 3 is 1.79 bits per heavy atom. The van der Waals surface area contributed by atoms with Gasteiger partial charge in [-0.05, 0) is 6.42 Å². The van der Waals surface area contributed by atoms with Gasteiger partial charge in [0.15, 0.2) is 0 Å². The first-order valence-corrected chi connectivity index (χ1v) is 14.6. The average molecular weight is 509 g/mol. The van der Waals surface area contributed by atoms with Gasteiger partial charge in [-0.2, -0.15) is 0 Å². The summed E-state index contributed by atoms with van der Waals surface area (Å²) in [5, 5.41) is 39.2. The Balaban J connectivity index is 1.97. The summed E-state index contributed by atoms with van der Waals surface area (Å²) in [6, 6.07) is 0. The molecule has 7 nitrogen and oxygen atoms in total. The van der Waals surface area contributed by atoms with Crippen molar-refractivity contribution in [2.24, 2.45) is 0 Å². The van der Waals surface area contributed by atoms with Crippen LogP contribution in [0.15, 0.2) is 0 Å². The van der Waals surface area contributed by atoms with Crippen LogP contribution in [0, 0.1) is 0 Å². The summed E-state index contributed by atoms with van der Waals surface area (Å²) in [5.41, 5.74) is -0.737. The smallest absolute Gasteiger partial charge is 0.132 e. The molecule has 0 radical (unpaired) electrons. The van der Waals surface area contributed by atoms with Gasteiger partial charge in [-0.25, -0.2) is 0 Å². The van der Waals surface area contributed by atoms with E-state index in [0.29, 0.717) is 19.0 Å². The maximum Gasteiger partial charge on any atom is 0.132 e. The van der Waals surface area contributed by atoms with Crippen molar-refractivity contribution >= 4 is 11.8 Å². The number of aliphatic hydroxyl groups is 4. The predicted molar refractivity (Wildman–Crippen MR) is 138 cm³/mol. The van der Waals surface area contributed by atoms with Gasteiger partial charge in [-0.15, -0.1) is 11.8 Å². The molecule has 1 saturated heterocycles. The number of rotatable bonds is 22. The van der Waals surface area contributed by atoms with E-state index in [1.54, 1.807) is 7.11 Å². The van der Waals surface area contributed by atoms with Crippen molar-refractivity contribution in [1.82, 2.24) is 0 Å². The monoisotopic (exact) mass is 508 g/mol. The fourth-order valence-electron chi connectivity index (χ4n) is 4.20. The SMILES string of the molecule is CCCCCCCCCCCCCCCCOC[C@@H](CS[C@H]1O[C@H](CO)[C@@H](O)[C@H](O)[C@H]1O)OC. The summed E-state index contributed by atoms with van der Waals surface area (Å²) in [5.74, 6) is 0.512. The van der Waals surface area contributed by atoms with Gasteiger partial charge < -0.3 is 34.6 Å². The van der Waals surface area contributed by atoms with Gasteiger partial charge in [0.25, 0.3) is 0 Å². The van der Waals surface area contributed by atoms with Crippen molar-refractivity contribution in [2.75, 3.05) is 32.7 Å². The Morgan fingerprint density at radius 1 is 0.765 bits per heavy atom. The number of methoxy groups -OCH3 is 1. The molecule has 0 saturated carbocycles. The third kappa shape index (κ3) is 14.0. The second-order valence-electron chi connectivity index (χ2n) is 9.56. The van der Waals surface area contributed by atoms with Gasteiger partial charge in [0, 0.05) is 19.5 Å². The molecular weight excluding hydrogens is 456 g/mol. The lowest BCUT2D eigenvalue weighted by Gasteiger charge is -2.39. The number of hydrogen-bond donors (Lipinski definition) is 4. The lowest BCUT2D eigenvalue weighted by molar-refractivity contribution is -0.205. The van der Waals surface area contributed by atoms with Crippen molar-refractivity contribution in [1.29, 1.82) is 0 Å². The van der Waals surface area contributed by atoms with E-state index in [9.17, 15) is 20.4 Å². The van der Waals surface area contributed by atoms with Gasteiger partial charge in [0.05, 0.1) is 19.3 Å². The first kappa shape index (κ1) is 32.1. The van der Waals surface area contributed by atoms with Crippen LogP contribution < -0.4 is 0 Å². The maximum absolute atomic E-state index is 10.1.